The fraction of sp³-hybridized carbons (Fsp3) is 0.292. The minimum Gasteiger partial charge on any atom is -0.369 e. The Kier molecular flexibility index (Phi) is 3.65. The number of rotatable bonds is 1. The Morgan fingerprint density at radius 3 is 2.74 bits per heavy atom. The van der Waals surface area contributed by atoms with Crippen molar-refractivity contribution in [3.63, 3.8) is 0 Å². The van der Waals surface area contributed by atoms with Gasteiger partial charge in [-0.15, -0.1) is 0 Å². The van der Waals surface area contributed by atoms with Gasteiger partial charge in [0.2, 0.25) is 5.54 Å². The molecule has 0 saturated carbocycles. The van der Waals surface area contributed by atoms with Crippen LogP contribution in [0.3, 0.4) is 0 Å². The topological polar surface area (TPSA) is 84.7 Å². The van der Waals surface area contributed by atoms with Gasteiger partial charge in [0.15, 0.2) is 0 Å². The van der Waals surface area contributed by atoms with Crippen LogP contribution in [0.4, 0.5) is 5.69 Å². The summed E-state index contributed by atoms with van der Waals surface area (Å²) in [6.45, 7) is 0.530. The van der Waals surface area contributed by atoms with Crippen LogP contribution in [0.5, 0.6) is 0 Å². The zero-order chi connectivity index (χ0) is 21.4. The SMILES string of the molecule is CN1C[C@H]2c3c(ccc4ccccc34)COC[C@@]2([N+](=O)[O-])C12C(=O)Nc1ccccc12. The monoisotopic (exact) mass is 415 g/mol. The Labute approximate surface area is 178 Å². The number of nitrogens with one attached hydrogen (secondary N) is 1. The van der Waals surface area contributed by atoms with Crippen LogP contribution in [0.1, 0.15) is 22.6 Å². The third-order valence-corrected chi connectivity index (χ3v) is 7.44. The van der Waals surface area contributed by atoms with Gasteiger partial charge in [0.25, 0.3) is 11.4 Å². The van der Waals surface area contributed by atoms with Crippen molar-refractivity contribution >= 4 is 22.4 Å². The Morgan fingerprint density at radius 1 is 1.13 bits per heavy atom. The molecule has 0 aromatic heterocycles. The molecule has 1 N–H and O–H groups in total. The number of fused-ring (bicyclic) bond motifs is 8. The third-order valence-electron chi connectivity index (χ3n) is 7.44. The van der Waals surface area contributed by atoms with Crippen molar-refractivity contribution in [2.24, 2.45) is 0 Å². The number of nitro groups is 1. The highest BCUT2D eigenvalue weighted by Gasteiger charge is 2.79. The second-order valence-electron chi connectivity index (χ2n) is 8.68. The molecule has 31 heavy (non-hydrogen) atoms. The number of anilines is 1. The van der Waals surface area contributed by atoms with Crippen molar-refractivity contribution in [2.45, 2.75) is 23.6 Å². The first kappa shape index (κ1) is 18.5. The van der Waals surface area contributed by atoms with E-state index in [0.29, 0.717) is 17.8 Å². The number of hydrogen-bond donors (Lipinski definition) is 1. The average molecular weight is 415 g/mol. The molecular formula is C24H21N3O4. The summed E-state index contributed by atoms with van der Waals surface area (Å²) in [4.78, 5) is 28.3. The molecule has 1 fully saturated rings. The van der Waals surface area contributed by atoms with Crippen LogP contribution in [0.25, 0.3) is 10.8 Å². The molecule has 3 heterocycles. The van der Waals surface area contributed by atoms with E-state index >= 15 is 0 Å². The molecule has 1 amide bonds. The molecule has 6 rings (SSSR count). The van der Waals surface area contributed by atoms with Gasteiger partial charge in [-0.1, -0.05) is 54.6 Å². The average Bonchev–Trinajstić information content (AvgIpc) is 3.14. The molecule has 3 atom stereocenters. The molecule has 156 valence electrons. The summed E-state index contributed by atoms with van der Waals surface area (Å²) in [6.07, 6.45) is 0. The Bertz CT molecular complexity index is 1270. The predicted octanol–water partition coefficient (Wildman–Crippen LogP) is 3.26. The number of likely N-dealkylation sites (N-methyl/N-ethyl adjacent to an activating group) is 1. The lowest BCUT2D eigenvalue weighted by Crippen LogP contribution is -2.65. The summed E-state index contributed by atoms with van der Waals surface area (Å²) in [5, 5.41) is 18.0. The van der Waals surface area contributed by atoms with Crippen LogP contribution in [0, 0.1) is 10.1 Å². The van der Waals surface area contributed by atoms with Crippen LogP contribution < -0.4 is 5.32 Å². The van der Waals surface area contributed by atoms with Gasteiger partial charge in [-0.3, -0.25) is 19.8 Å². The first-order chi connectivity index (χ1) is 15.0. The Hall–Kier alpha value is -3.29. The summed E-state index contributed by atoms with van der Waals surface area (Å²) in [5.41, 5.74) is 0.0415. The van der Waals surface area contributed by atoms with Crippen LogP contribution in [0.2, 0.25) is 0 Å². The van der Waals surface area contributed by atoms with Crippen LogP contribution >= 0.6 is 0 Å². The van der Waals surface area contributed by atoms with Crippen molar-refractivity contribution in [1.29, 1.82) is 0 Å². The molecule has 7 heteroatoms. The van der Waals surface area contributed by atoms with E-state index in [1.54, 1.807) is 6.07 Å². The van der Waals surface area contributed by atoms with Crippen LogP contribution in [-0.2, 0) is 21.7 Å². The van der Waals surface area contributed by atoms with E-state index in [2.05, 4.69) is 5.32 Å². The second-order valence-corrected chi connectivity index (χ2v) is 8.68. The highest BCUT2D eigenvalue weighted by molar-refractivity contribution is 6.07. The van der Waals surface area contributed by atoms with E-state index in [0.717, 1.165) is 21.9 Å². The zero-order valence-corrected chi connectivity index (χ0v) is 17.0. The van der Waals surface area contributed by atoms with E-state index < -0.39 is 17.0 Å². The predicted molar refractivity (Wildman–Crippen MR) is 115 cm³/mol. The Morgan fingerprint density at radius 2 is 1.90 bits per heavy atom. The Balaban J connectivity index is 1.71. The number of nitrogens with zero attached hydrogens (tertiary/aromatic N) is 2. The largest absolute Gasteiger partial charge is 0.369 e. The van der Waals surface area contributed by atoms with Gasteiger partial charge in [0.05, 0.1) is 12.5 Å². The zero-order valence-electron chi connectivity index (χ0n) is 17.0. The standard InChI is InChI=1S/C24H21N3O4/c1-26-12-19-21-16(11-10-15-6-2-3-7-17(15)21)13-31-14-23(19,27(29)30)24(26)18-8-4-5-9-20(18)25-22(24)28/h2-11,19H,12-14H2,1H3,(H,25,28)/t19-,23-,24?/m0/s1. The first-order valence-electron chi connectivity index (χ1n) is 10.4. The minimum atomic E-state index is -1.66. The van der Waals surface area contributed by atoms with E-state index in [9.17, 15) is 14.9 Å². The molecular weight excluding hydrogens is 394 g/mol. The molecule has 0 aliphatic carbocycles. The number of hydrogen-bond acceptors (Lipinski definition) is 5. The number of benzene rings is 3. The van der Waals surface area contributed by atoms with Gasteiger partial charge >= 0.3 is 0 Å². The number of amides is 1. The molecule has 3 aromatic rings. The van der Waals surface area contributed by atoms with Crippen molar-refractivity contribution in [2.75, 3.05) is 25.5 Å². The highest BCUT2D eigenvalue weighted by atomic mass is 16.6. The van der Waals surface area contributed by atoms with E-state index in [-0.39, 0.29) is 24.0 Å². The van der Waals surface area contributed by atoms with E-state index in [1.807, 2.05) is 66.5 Å². The lowest BCUT2D eigenvalue weighted by molar-refractivity contribution is -0.587. The molecule has 1 spiro atoms. The summed E-state index contributed by atoms with van der Waals surface area (Å²) >= 11 is 0. The normalized spacial score (nSPS) is 29.3. The van der Waals surface area contributed by atoms with Gasteiger partial charge < -0.3 is 10.1 Å². The van der Waals surface area contributed by atoms with Crippen molar-refractivity contribution in [3.8, 4) is 0 Å². The molecule has 1 unspecified atom stereocenters. The van der Waals surface area contributed by atoms with Crippen molar-refractivity contribution in [1.82, 2.24) is 4.90 Å². The number of carbonyl (C=O) groups excluding carboxylic acids is 1. The van der Waals surface area contributed by atoms with E-state index in [1.165, 1.54) is 0 Å². The summed E-state index contributed by atoms with van der Waals surface area (Å²) in [5.74, 6) is -0.865. The van der Waals surface area contributed by atoms with Crippen LogP contribution in [0.15, 0.2) is 60.7 Å². The van der Waals surface area contributed by atoms with Crippen molar-refractivity contribution < 1.29 is 14.5 Å². The third kappa shape index (κ3) is 2.03. The first-order valence-corrected chi connectivity index (χ1v) is 10.4. The lowest BCUT2D eigenvalue weighted by atomic mass is 9.67. The molecule has 7 nitrogen and oxygen atoms in total. The second kappa shape index (κ2) is 6.12. The quantitative estimate of drug-likeness (QED) is 0.487. The maximum absolute atomic E-state index is 13.6. The van der Waals surface area contributed by atoms with Crippen molar-refractivity contribution in [3.05, 3.63) is 87.5 Å². The summed E-state index contributed by atoms with van der Waals surface area (Å²) in [6, 6.07) is 19.3. The molecule has 3 aliphatic heterocycles. The van der Waals surface area contributed by atoms with Gasteiger partial charge in [-0.2, -0.15) is 0 Å². The molecule has 3 aliphatic rings. The van der Waals surface area contributed by atoms with Gasteiger partial charge in [-0.25, -0.2) is 0 Å². The smallest absolute Gasteiger partial charge is 0.284 e. The maximum atomic E-state index is 13.6. The molecule has 0 bridgehead atoms. The van der Waals surface area contributed by atoms with E-state index in [4.69, 9.17) is 4.74 Å². The van der Waals surface area contributed by atoms with Gasteiger partial charge in [0, 0.05) is 22.7 Å². The summed E-state index contributed by atoms with van der Waals surface area (Å²) < 4.78 is 6.00. The number of carbonyl (C=O) groups is 1. The fourth-order valence-electron chi connectivity index (χ4n) is 6.24. The number of likely N-dealkylation sites (tertiary alicyclic amines) is 1. The lowest BCUT2D eigenvalue weighted by Gasteiger charge is -2.39. The summed E-state index contributed by atoms with van der Waals surface area (Å²) in [7, 11) is 1.81. The number of ether oxygens (including phenoxy) is 1. The molecule has 0 radical (unpaired) electrons. The molecule has 1 saturated heterocycles. The fourth-order valence-corrected chi connectivity index (χ4v) is 6.24. The highest BCUT2D eigenvalue weighted by Crippen LogP contribution is 2.60. The van der Waals surface area contributed by atoms with Gasteiger partial charge in [0.1, 0.15) is 6.61 Å². The maximum Gasteiger partial charge on any atom is 0.284 e. The molecule has 3 aromatic carbocycles. The van der Waals surface area contributed by atoms with Crippen LogP contribution in [-0.4, -0.2) is 41.5 Å². The number of para-hydroxylation sites is 1. The van der Waals surface area contributed by atoms with Gasteiger partial charge in [-0.05, 0) is 35.0 Å². The minimum absolute atomic E-state index is 0.139.